The lowest BCUT2D eigenvalue weighted by molar-refractivity contribution is -0.113. The van der Waals surface area contributed by atoms with Crippen molar-refractivity contribution in [2.45, 2.75) is 13.8 Å². The molecule has 1 aliphatic heterocycles. The van der Waals surface area contributed by atoms with Gasteiger partial charge in [0.2, 0.25) is 0 Å². The summed E-state index contributed by atoms with van der Waals surface area (Å²) in [4.78, 5) is 26.3. The fourth-order valence-electron chi connectivity index (χ4n) is 3.52. The molecule has 3 amide bonds. The molecule has 6 nitrogen and oxygen atoms in total. The van der Waals surface area contributed by atoms with E-state index in [2.05, 4.69) is 11.4 Å². The van der Waals surface area contributed by atoms with E-state index in [1.54, 1.807) is 42.5 Å². The Morgan fingerprint density at radius 1 is 0.966 bits per heavy atom. The standard InChI is InChI=1S/C23H18N4O2/c1-15-12-18(16(2)26(15)20-10-8-17(14-24)9-11-20)13-21-22(28)27(23(29)25-21)19-6-4-3-5-7-19/h3-13H,1-2H3,(H,25,29)/b21-13+. The summed E-state index contributed by atoms with van der Waals surface area (Å²) in [5, 5.41) is 11.7. The number of nitrogens with one attached hydrogen (secondary N) is 1. The van der Waals surface area contributed by atoms with Gasteiger partial charge in [0.05, 0.1) is 17.3 Å². The summed E-state index contributed by atoms with van der Waals surface area (Å²) in [5.41, 5.74) is 5.04. The third-order valence-electron chi connectivity index (χ3n) is 4.92. The van der Waals surface area contributed by atoms with E-state index in [4.69, 9.17) is 5.26 Å². The van der Waals surface area contributed by atoms with Gasteiger partial charge >= 0.3 is 6.03 Å². The first kappa shape index (κ1) is 18.3. The summed E-state index contributed by atoms with van der Waals surface area (Å²) in [6.45, 7) is 3.92. The number of anilines is 1. The van der Waals surface area contributed by atoms with E-state index in [-0.39, 0.29) is 11.6 Å². The number of benzene rings is 2. The largest absolute Gasteiger partial charge is 0.333 e. The van der Waals surface area contributed by atoms with E-state index in [9.17, 15) is 9.59 Å². The zero-order valence-corrected chi connectivity index (χ0v) is 16.0. The molecule has 0 atom stereocenters. The van der Waals surface area contributed by atoms with Gasteiger partial charge < -0.3 is 9.88 Å². The molecule has 4 rings (SSSR count). The minimum atomic E-state index is -0.464. The Balaban J connectivity index is 1.70. The maximum absolute atomic E-state index is 12.8. The molecule has 0 aliphatic carbocycles. The number of aryl methyl sites for hydroxylation is 1. The number of para-hydroxylation sites is 1. The summed E-state index contributed by atoms with van der Waals surface area (Å²) in [7, 11) is 0. The highest BCUT2D eigenvalue weighted by molar-refractivity contribution is 6.28. The highest BCUT2D eigenvalue weighted by Crippen LogP contribution is 2.26. The van der Waals surface area contributed by atoms with Crippen molar-refractivity contribution in [3.8, 4) is 11.8 Å². The van der Waals surface area contributed by atoms with Crippen molar-refractivity contribution < 1.29 is 9.59 Å². The van der Waals surface area contributed by atoms with Crippen LogP contribution in [0.15, 0.2) is 66.4 Å². The molecule has 29 heavy (non-hydrogen) atoms. The van der Waals surface area contributed by atoms with Crippen LogP contribution in [0.1, 0.15) is 22.5 Å². The molecule has 1 aliphatic rings. The number of hydrogen-bond acceptors (Lipinski definition) is 3. The first-order valence-corrected chi connectivity index (χ1v) is 9.11. The zero-order valence-electron chi connectivity index (χ0n) is 16.0. The number of aromatic nitrogens is 1. The Bertz CT molecular complexity index is 1180. The number of rotatable bonds is 3. The fraction of sp³-hybridized carbons (Fsp3) is 0.0870. The number of carbonyl (C=O) groups excluding carboxylic acids is 2. The average molecular weight is 382 g/mol. The highest BCUT2D eigenvalue weighted by atomic mass is 16.2. The number of hydrogen-bond donors (Lipinski definition) is 1. The maximum Gasteiger partial charge on any atom is 0.333 e. The number of nitriles is 1. The second kappa shape index (κ2) is 7.13. The molecular weight excluding hydrogens is 364 g/mol. The molecule has 0 saturated carbocycles. The van der Waals surface area contributed by atoms with Gasteiger partial charge in [-0.15, -0.1) is 0 Å². The molecule has 2 aromatic carbocycles. The van der Waals surface area contributed by atoms with E-state index in [0.717, 1.165) is 27.5 Å². The average Bonchev–Trinajstić information content (AvgIpc) is 3.17. The van der Waals surface area contributed by atoms with Crippen LogP contribution in [0.3, 0.4) is 0 Å². The van der Waals surface area contributed by atoms with Crippen molar-refractivity contribution in [2.75, 3.05) is 4.90 Å². The second-order valence-electron chi connectivity index (χ2n) is 6.78. The van der Waals surface area contributed by atoms with Crippen LogP contribution in [-0.2, 0) is 4.79 Å². The summed E-state index contributed by atoms with van der Waals surface area (Å²) < 4.78 is 2.05. The van der Waals surface area contributed by atoms with Gasteiger partial charge in [0.25, 0.3) is 5.91 Å². The quantitative estimate of drug-likeness (QED) is 0.548. The fourth-order valence-corrected chi connectivity index (χ4v) is 3.52. The van der Waals surface area contributed by atoms with Gasteiger partial charge in [-0.2, -0.15) is 5.26 Å². The Hall–Kier alpha value is -4.11. The van der Waals surface area contributed by atoms with Crippen LogP contribution < -0.4 is 10.2 Å². The van der Waals surface area contributed by atoms with Gasteiger partial charge in [-0.05, 0) is 68.0 Å². The van der Waals surface area contributed by atoms with Crippen molar-refractivity contribution >= 4 is 23.7 Å². The normalized spacial score (nSPS) is 14.9. The van der Waals surface area contributed by atoms with E-state index < -0.39 is 6.03 Å². The van der Waals surface area contributed by atoms with Crippen molar-refractivity contribution in [3.63, 3.8) is 0 Å². The van der Waals surface area contributed by atoms with Gasteiger partial charge in [-0.25, -0.2) is 9.69 Å². The number of imide groups is 1. The van der Waals surface area contributed by atoms with Crippen LogP contribution >= 0.6 is 0 Å². The maximum atomic E-state index is 12.8. The van der Waals surface area contributed by atoms with Gasteiger partial charge in [0, 0.05) is 17.1 Å². The molecule has 0 unspecified atom stereocenters. The summed E-state index contributed by atoms with van der Waals surface area (Å²) in [6, 6.07) is 19.7. The molecule has 1 fully saturated rings. The van der Waals surface area contributed by atoms with Gasteiger partial charge in [0.15, 0.2) is 0 Å². The molecule has 0 bridgehead atoms. The minimum Gasteiger partial charge on any atom is -0.318 e. The van der Waals surface area contributed by atoms with Crippen molar-refractivity contribution in [2.24, 2.45) is 0 Å². The van der Waals surface area contributed by atoms with Gasteiger partial charge in [0.1, 0.15) is 5.70 Å². The summed E-state index contributed by atoms with van der Waals surface area (Å²) in [6.07, 6.45) is 1.70. The van der Waals surface area contributed by atoms with Crippen LogP contribution in [0.5, 0.6) is 0 Å². The minimum absolute atomic E-state index is 0.235. The number of nitrogens with zero attached hydrogens (tertiary/aromatic N) is 3. The number of carbonyl (C=O) groups is 2. The van der Waals surface area contributed by atoms with Crippen LogP contribution in [0.4, 0.5) is 10.5 Å². The number of urea groups is 1. The molecule has 1 saturated heterocycles. The molecule has 0 radical (unpaired) electrons. The lowest BCUT2D eigenvalue weighted by Gasteiger charge is -2.11. The topological polar surface area (TPSA) is 78.1 Å². The molecule has 142 valence electrons. The van der Waals surface area contributed by atoms with Gasteiger partial charge in [-0.1, -0.05) is 18.2 Å². The van der Waals surface area contributed by atoms with Crippen LogP contribution in [0, 0.1) is 25.2 Å². The van der Waals surface area contributed by atoms with E-state index >= 15 is 0 Å². The third-order valence-corrected chi connectivity index (χ3v) is 4.92. The first-order valence-electron chi connectivity index (χ1n) is 9.11. The predicted molar refractivity (Wildman–Crippen MR) is 110 cm³/mol. The van der Waals surface area contributed by atoms with E-state index in [0.29, 0.717) is 11.3 Å². The van der Waals surface area contributed by atoms with Crippen LogP contribution in [0.25, 0.3) is 11.8 Å². The monoisotopic (exact) mass is 382 g/mol. The highest BCUT2D eigenvalue weighted by Gasteiger charge is 2.34. The SMILES string of the molecule is Cc1cc(/C=C2/NC(=O)N(c3ccccc3)C2=O)c(C)n1-c1ccc(C#N)cc1. The molecule has 2 heterocycles. The Morgan fingerprint density at radius 3 is 2.31 bits per heavy atom. The predicted octanol–water partition coefficient (Wildman–Crippen LogP) is 4.06. The lowest BCUT2D eigenvalue weighted by Crippen LogP contribution is -2.30. The molecule has 1 N–H and O–H groups in total. The molecule has 6 heteroatoms. The lowest BCUT2D eigenvalue weighted by atomic mass is 10.2. The summed E-state index contributed by atoms with van der Waals surface area (Å²) >= 11 is 0. The third kappa shape index (κ3) is 3.19. The molecular formula is C23H18N4O2. The Morgan fingerprint density at radius 2 is 1.66 bits per heavy atom. The van der Waals surface area contributed by atoms with E-state index in [1.807, 2.05) is 42.7 Å². The molecule has 0 spiro atoms. The van der Waals surface area contributed by atoms with Crippen LogP contribution in [-0.4, -0.2) is 16.5 Å². The number of amides is 3. The first-order chi connectivity index (χ1) is 14.0. The van der Waals surface area contributed by atoms with E-state index in [1.165, 1.54) is 0 Å². The molecule has 3 aromatic rings. The van der Waals surface area contributed by atoms with Crippen LogP contribution in [0.2, 0.25) is 0 Å². The Labute approximate surface area is 168 Å². The Kier molecular flexibility index (Phi) is 4.49. The van der Waals surface area contributed by atoms with Crippen molar-refractivity contribution in [3.05, 3.63) is 88.9 Å². The van der Waals surface area contributed by atoms with Crippen molar-refractivity contribution in [1.82, 2.24) is 9.88 Å². The second-order valence-corrected chi connectivity index (χ2v) is 6.78. The zero-order chi connectivity index (χ0) is 20.5. The summed E-state index contributed by atoms with van der Waals surface area (Å²) in [5.74, 6) is -0.385. The van der Waals surface area contributed by atoms with Crippen molar-refractivity contribution in [1.29, 1.82) is 5.26 Å². The van der Waals surface area contributed by atoms with Gasteiger partial charge in [-0.3, -0.25) is 4.79 Å². The smallest absolute Gasteiger partial charge is 0.318 e. The molecule has 1 aromatic heterocycles.